The molecule has 10 heteroatoms. The Morgan fingerprint density at radius 1 is 0.704 bits per heavy atom. The molecule has 9 nitrogen and oxygen atoms in total. The second kappa shape index (κ2) is 11.5. The van der Waals surface area contributed by atoms with Crippen LogP contribution in [0.2, 0.25) is 0 Å². The Kier molecular flexibility index (Phi) is 6.58. The number of para-hydroxylation sites is 5. The van der Waals surface area contributed by atoms with Crippen molar-refractivity contribution in [2.24, 2.45) is 0 Å². The zero-order valence-corrected chi connectivity index (χ0v) is 30.7. The molecule has 54 heavy (non-hydrogen) atoms. The predicted octanol–water partition coefficient (Wildman–Crippen LogP) is 10.7. The predicted molar refractivity (Wildman–Crippen MR) is 207 cm³/mol. The van der Waals surface area contributed by atoms with Crippen molar-refractivity contribution in [2.45, 2.75) is 0 Å². The van der Waals surface area contributed by atoms with Gasteiger partial charge in [-0.15, -0.1) is 30.3 Å². The van der Waals surface area contributed by atoms with Crippen molar-refractivity contribution in [3.8, 4) is 17.3 Å². The first-order valence-corrected chi connectivity index (χ1v) is 17.3. The van der Waals surface area contributed by atoms with Gasteiger partial charge >= 0.3 is 0 Å². The molecule has 262 valence electrons. The zero-order valence-electron chi connectivity index (χ0n) is 28.4. The van der Waals surface area contributed by atoms with Crippen LogP contribution in [0.1, 0.15) is 0 Å². The van der Waals surface area contributed by atoms with Crippen molar-refractivity contribution < 1.29 is 34.6 Å². The molecule has 0 aliphatic carbocycles. The molecular weight excluding hydrogens is 856 g/mol. The van der Waals surface area contributed by atoms with Crippen molar-refractivity contribution in [3.05, 3.63) is 146 Å². The first kappa shape index (κ1) is 31.0. The Balaban J connectivity index is 0.00000341. The number of rotatable bonds is 4. The van der Waals surface area contributed by atoms with E-state index in [1.54, 1.807) is 6.20 Å². The summed E-state index contributed by atoms with van der Waals surface area (Å²) in [6, 6.07) is 47.7. The second-order valence-corrected chi connectivity index (χ2v) is 13.2. The van der Waals surface area contributed by atoms with Crippen LogP contribution in [-0.4, -0.2) is 26.0 Å². The van der Waals surface area contributed by atoms with E-state index in [0.717, 1.165) is 89.0 Å². The van der Waals surface area contributed by atoms with Gasteiger partial charge < -0.3 is 27.8 Å². The molecule has 0 N–H and O–H groups in total. The number of ether oxygens (including phenoxy) is 1. The summed E-state index contributed by atoms with van der Waals surface area (Å²) < 4.78 is 24.0. The third-order valence-corrected chi connectivity index (χ3v) is 10.2. The molecule has 12 rings (SSSR count). The van der Waals surface area contributed by atoms with Crippen LogP contribution >= 0.6 is 0 Å². The average Bonchev–Trinajstić information content (AvgIpc) is 4.00. The van der Waals surface area contributed by atoms with E-state index in [1.807, 2.05) is 96.5 Å². The van der Waals surface area contributed by atoms with Gasteiger partial charge in [-0.25, -0.2) is 9.97 Å². The van der Waals surface area contributed by atoms with Gasteiger partial charge in [0.2, 0.25) is 5.78 Å². The summed E-state index contributed by atoms with van der Waals surface area (Å²) in [5, 5.41) is 3.78. The average molecular weight is 881 g/mol. The van der Waals surface area contributed by atoms with Gasteiger partial charge in [-0.1, -0.05) is 59.6 Å². The SMILES string of the molecule is CN1[CH-]N(c2[c-]c(Oc3[c-]c4c(cc3)n3c5ccccc5nc3n4-c3ccccn3)c3oc4c(ccc5oc6ccccc6c54)c3c2)c2ccccc21.[Pt]. The molecule has 0 saturated heterocycles. The van der Waals surface area contributed by atoms with Crippen LogP contribution in [-0.2, 0) is 21.1 Å². The number of benzene rings is 6. The summed E-state index contributed by atoms with van der Waals surface area (Å²) >= 11 is 0. The fraction of sp³-hybridized carbons (Fsp3) is 0.0227. The topological polar surface area (TPSA) is 77.1 Å². The Morgan fingerprint density at radius 3 is 2.44 bits per heavy atom. The normalized spacial score (nSPS) is 13.0. The Bertz CT molecular complexity index is 3290. The third-order valence-electron chi connectivity index (χ3n) is 10.2. The van der Waals surface area contributed by atoms with E-state index in [2.05, 4.69) is 69.4 Å². The van der Waals surface area contributed by atoms with E-state index in [-0.39, 0.29) is 21.1 Å². The van der Waals surface area contributed by atoms with E-state index < -0.39 is 0 Å². The van der Waals surface area contributed by atoms with Crippen LogP contribution in [0.3, 0.4) is 0 Å². The summed E-state index contributed by atoms with van der Waals surface area (Å²) in [4.78, 5) is 14.0. The molecule has 5 aromatic heterocycles. The molecule has 0 bridgehead atoms. The summed E-state index contributed by atoms with van der Waals surface area (Å²) in [5.41, 5.74) is 9.45. The van der Waals surface area contributed by atoms with Crippen LogP contribution in [0.4, 0.5) is 17.1 Å². The summed E-state index contributed by atoms with van der Waals surface area (Å²) in [6.45, 7) is 2.06. The molecule has 6 heterocycles. The molecular formula is C44H25N6O3Pt-3. The Hall–Kier alpha value is -6.57. The molecule has 0 fully saturated rings. The number of hydrogen-bond donors (Lipinski definition) is 0. The maximum atomic E-state index is 6.83. The number of hydrogen-bond acceptors (Lipinski definition) is 7. The number of nitrogens with zero attached hydrogens (tertiary/aromatic N) is 6. The smallest absolute Gasteiger partial charge is 0.208 e. The number of furan rings is 2. The van der Waals surface area contributed by atoms with Crippen LogP contribution in [0.5, 0.6) is 11.5 Å². The molecule has 0 amide bonds. The van der Waals surface area contributed by atoms with E-state index in [1.165, 1.54) is 0 Å². The number of anilines is 3. The number of imidazole rings is 2. The van der Waals surface area contributed by atoms with Crippen LogP contribution in [0.25, 0.3) is 77.5 Å². The van der Waals surface area contributed by atoms with Crippen molar-refractivity contribution in [1.82, 2.24) is 18.9 Å². The van der Waals surface area contributed by atoms with Crippen molar-refractivity contribution in [1.29, 1.82) is 0 Å². The summed E-state index contributed by atoms with van der Waals surface area (Å²) in [5.74, 6) is 2.41. The summed E-state index contributed by atoms with van der Waals surface area (Å²) in [7, 11) is 2.05. The third kappa shape index (κ3) is 4.30. The first-order valence-electron chi connectivity index (χ1n) is 17.3. The van der Waals surface area contributed by atoms with Crippen molar-refractivity contribution in [3.63, 3.8) is 0 Å². The number of fused-ring (bicyclic) bond motifs is 13. The van der Waals surface area contributed by atoms with E-state index in [0.29, 0.717) is 17.1 Å². The first-order chi connectivity index (χ1) is 26.2. The van der Waals surface area contributed by atoms with Crippen molar-refractivity contribution in [2.75, 3.05) is 16.8 Å². The molecule has 1 aliphatic heterocycles. The van der Waals surface area contributed by atoms with Gasteiger partial charge in [0.15, 0.2) is 0 Å². The van der Waals surface area contributed by atoms with E-state index in [4.69, 9.17) is 23.5 Å². The molecule has 1 aliphatic rings. The quantitative estimate of drug-likeness (QED) is 0.163. The minimum Gasteiger partial charge on any atom is -0.511 e. The van der Waals surface area contributed by atoms with Gasteiger partial charge in [0.25, 0.3) is 0 Å². The fourth-order valence-corrected chi connectivity index (χ4v) is 7.88. The fourth-order valence-electron chi connectivity index (χ4n) is 7.88. The largest absolute Gasteiger partial charge is 0.511 e. The van der Waals surface area contributed by atoms with Gasteiger partial charge in [0, 0.05) is 55.2 Å². The number of pyridine rings is 1. The number of aromatic nitrogens is 4. The van der Waals surface area contributed by atoms with Crippen LogP contribution in [0.15, 0.2) is 136 Å². The maximum Gasteiger partial charge on any atom is 0.208 e. The molecule has 0 spiro atoms. The zero-order chi connectivity index (χ0) is 34.8. The standard InChI is InChI=1S/C44H25N6O3.Pt/c1-47-25-48(34-14-6-5-13-33(34)47)26-22-30-28-18-20-38-41(29-10-2-7-15-37(29)52-38)43(28)53-42(30)39(23-26)51-27-17-19-35-36(24-27)50(40-16-8-9-21-45-40)44-46-31-11-3-4-12-32(31)49(35)44;/h2-22,25H,1H3;/q-3;. The van der Waals surface area contributed by atoms with Gasteiger partial charge in [0.05, 0.1) is 27.8 Å². The molecule has 0 saturated carbocycles. The van der Waals surface area contributed by atoms with Gasteiger partial charge in [0.1, 0.15) is 22.6 Å². The minimum absolute atomic E-state index is 0. The van der Waals surface area contributed by atoms with Crippen LogP contribution < -0.4 is 14.5 Å². The van der Waals surface area contributed by atoms with E-state index in [9.17, 15) is 0 Å². The monoisotopic (exact) mass is 880 g/mol. The molecule has 11 aromatic rings. The minimum atomic E-state index is 0. The molecule has 0 radical (unpaired) electrons. The Labute approximate surface area is 321 Å². The van der Waals surface area contributed by atoms with Crippen molar-refractivity contribution >= 4 is 88.8 Å². The maximum absolute atomic E-state index is 6.83. The van der Waals surface area contributed by atoms with E-state index >= 15 is 0 Å². The summed E-state index contributed by atoms with van der Waals surface area (Å²) in [6.07, 6.45) is 1.78. The van der Waals surface area contributed by atoms with Gasteiger partial charge in [-0.2, -0.15) is 6.67 Å². The Morgan fingerprint density at radius 2 is 1.54 bits per heavy atom. The second-order valence-electron chi connectivity index (χ2n) is 13.2. The van der Waals surface area contributed by atoms with Gasteiger partial charge in [-0.3, -0.25) is 4.57 Å². The van der Waals surface area contributed by atoms with Gasteiger partial charge in [-0.05, 0) is 72.7 Å². The van der Waals surface area contributed by atoms with Crippen LogP contribution in [0, 0.1) is 18.8 Å². The molecule has 0 unspecified atom stereocenters. The molecule has 0 atom stereocenters. The molecule has 6 aromatic carbocycles.